The zero-order valence-corrected chi connectivity index (χ0v) is 15.8. The van der Waals surface area contributed by atoms with E-state index in [-0.39, 0.29) is 13.2 Å². The third-order valence-corrected chi connectivity index (χ3v) is 4.30. The van der Waals surface area contributed by atoms with Gasteiger partial charge in [0.2, 0.25) is 12.4 Å². The van der Waals surface area contributed by atoms with Crippen LogP contribution in [0.5, 0.6) is 5.88 Å². The van der Waals surface area contributed by atoms with E-state index in [1.165, 1.54) is 0 Å². The van der Waals surface area contributed by atoms with E-state index in [2.05, 4.69) is 5.10 Å². The average molecular weight is 375 g/mol. The first-order valence-electron chi connectivity index (χ1n) is 8.94. The van der Waals surface area contributed by atoms with Crippen molar-refractivity contribution in [3.8, 4) is 5.88 Å². The van der Waals surface area contributed by atoms with Crippen LogP contribution in [0.25, 0.3) is 0 Å². The van der Waals surface area contributed by atoms with Gasteiger partial charge in [0, 0.05) is 23.7 Å². The first kappa shape index (κ1) is 20.4. The third kappa shape index (κ3) is 5.54. The zero-order chi connectivity index (χ0) is 19.8. The summed E-state index contributed by atoms with van der Waals surface area (Å²) >= 11 is 0. The molecular weight excluding hydrogens is 350 g/mol. The van der Waals surface area contributed by atoms with Crippen LogP contribution in [-0.2, 0) is 23.2 Å². The lowest BCUT2D eigenvalue weighted by Crippen LogP contribution is -2.29. The Kier molecular flexibility index (Phi) is 7.34. The molecule has 2 aromatic rings. The summed E-state index contributed by atoms with van der Waals surface area (Å²) in [7, 11) is 1.72. The minimum absolute atomic E-state index is 0.227. The maximum Gasteiger partial charge on any atom is 0.309 e. The molecule has 0 N–H and O–H groups in total. The molecule has 0 amide bonds. The second-order valence-electron chi connectivity index (χ2n) is 6.23. The van der Waals surface area contributed by atoms with Gasteiger partial charge >= 0.3 is 5.97 Å². The number of benzene rings is 1. The lowest BCUT2D eigenvalue weighted by Gasteiger charge is -2.21. The largest absolute Gasteiger partial charge is 0.472 e. The number of carbonyl (C=O) groups is 1. The molecule has 0 aliphatic heterocycles. The lowest BCUT2D eigenvalue weighted by atomic mass is 9.85. The number of carbonyl (C=O) groups excluding carboxylic acids is 1. The van der Waals surface area contributed by atoms with Crippen molar-refractivity contribution >= 4 is 5.97 Å². The average Bonchev–Trinajstić information content (AvgIpc) is 3.01. The fourth-order valence-electron chi connectivity index (χ4n) is 3.05. The van der Waals surface area contributed by atoms with Crippen molar-refractivity contribution in [3.05, 3.63) is 57.8 Å². The molecule has 0 bridgehead atoms. The number of rotatable bonds is 10. The molecule has 2 unspecified atom stereocenters. The van der Waals surface area contributed by atoms with Crippen LogP contribution >= 0.6 is 0 Å². The van der Waals surface area contributed by atoms with Crippen molar-refractivity contribution in [1.29, 1.82) is 0 Å². The summed E-state index contributed by atoms with van der Waals surface area (Å²) in [5.41, 5.74) is 1.50. The molecule has 146 valence electrons. The van der Waals surface area contributed by atoms with Crippen LogP contribution in [0.2, 0.25) is 0 Å². The summed E-state index contributed by atoms with van der Waals surface area (Å²) in [6.07, 6.45) is 2.10. The smallest absolute Gasteiger partial charge is 0.309 e. The van der Waals surface area contributed by atoms with Gasteiger partial charge in [-0.1, -0.05) is 37.3 Å². The molecule has 0 saturated carbocycles. The summed E-state index contributed by atoms with van der Waals surface area (Å²) < 4.78 is 12.5. The zero-order valence-electron chi connectivity index (χ0n) is 15.8. The highest BCUT2D eigenvalue weighted by atomic mass is 16.6. The van der Waals surface area contributed by atoms with Gasteiger partial charge in [0.15, 0.2) is 0 Å². The van der Waals surface area contributed by atoms with Crippen molar-refractivity contribution in [2.45, 2.75) is 32.8 Å². The van der Waals surface area contributed by atoms with Gasteiger partial charge in [-0.05, 0) is 18.9 Å². The van der Waals surface area contributed by atoms with E-state index in [0.717, 1.165) is 5.56 Å². The minimum Gasteiger partial charge on any atom is -0.472 e. The summed E-state index contributed by atoms with van der Waals surface area (Å²) in [6.45, 7) is 3.64. The maximum atomic E-state index is 12.4. The van der Waals surface area contributed by atoms with Gasteiger partial charge in [0.25, 0.3) is 0 Å². The highest BCUT2D eigenvalue weighted by Crippen LogP contribution is 2.34. The number of hydrogen-bond acceptors (Lipinski definition) is 6. The summed E-state index contributed by atoms with van der Waals surface area (Å²) in [5, 5.41) is 15.6. The predicted octanol–water partition coefficient (Wildman–Crippen LogP) is 2.95. The van der Waals surface area contributed by atoms with Crippen LogP contribution in [0.3, 0.4) is 0 Å². The number of nitro groups is 1. The van der Waals surface area contributed by atoms with Crippen molar-refractivity contribution in [2.24, 2.45) is 13.0 Å². The Morgan fingerprint density at radius 2 is 2.00 bits per heavy atom. The number of nitrogens with zero attached hydrogens (tertiary/aromatic N) is 3. The van der Waals surface area contributed by atoms with Crippen LogP contribution in [-0.4, -0.2) is 33.8 Å². The SMILES string of the molecule is CCOC(=O)C(CC)C(C[N+](=O)[O-])c1cn(C)nc1OCc1ccccc1. The van der Waals surface area contributed by atoms with E-state index >= 15 is 0 Å². The van der Waals surface area contributed by atoms with Gasteiger partial charge in [-0.3, -0.25) is 19.6 Å². The van der Waals surface area contributed by atoms with E-state index in [1.54, 1.807) is 24.9 Å². The van der Waals surface area contributed by atoms with Gasteiger partial charge in [0.05, 0.1) is 18.4 Å². The topological polar surface area (TPSA) is 96.5 Å². The molecule has 0 aliphatic carbocycles. The molecule has 8 heteroatoms. The Hall–Kier alpha value is -2.90. The molecule has 1 aromatic heterocycles. The van der Waals surface area contributed by atoms with Crippen LogP contribution < -0.4 is 4.74 Å². The quantitative estimate of drug-likeness (QED) is 0.360. The van der Waals surface area contributed by atoms with Crippen LogP contribution in [0, 0.1) is 16.0 Å². The molecule has 0 aliphatic rings. The molecule has 2 rings (SSSR count). The van der Waals surface area contributed by atoms with Gasteiger partial charge in [0.1, 0.15) is 6.61 Å². The number of aryl methyl sites for hydroxylation is 1. The Labute approximate surface area is 158 Å². The Morgan fingerprint density at radius 1 is 1.30 bits per heavy atom. The number of aromatic nitrogens is 2. The summed E-state index contributed by atoms with van der Waals surface area (Å²) in [5.74, 6) is -1.46. The Morgan fingerprint density at radius 3 is 2.59 bits per heavy atom. The highest BCUT2D eigenvalue weighted by molar-refractivity contribution is 5.74. The van der Waals surface area contributed by atoms with Gasteiger partial charge in [-0.15, -0.1) is 5.10 Å². The van der Waals surface area contributed by atoms with Crippen LogP contribution in [0.1, 0.15) is 37.3 Å². The molecule has 1 heterocycles. The molecule has 0 spiro atoms. The minimum atomic E-state index is -0.677. The van der Waals surface area contributed by atoms with Gasteiger partial charge < -0.3 is 9.47 Å². The Bertz CT molecular complexity index is 760. The van der Waals surface area contributed by atoms with Crippen molar-refractivity contribution in [1.82, 2.24) is 9.78 Å². The molecule has 8 nitrogen and oxygen atoms in total. The second-order valence-corrected chi connectivity index (χ2v) is 6.23. The normalized spacial score (nSPS) is 13.0. The van der Waals surface area contributed by atoms with E-state index in [9.17, 15) is 14.9 Å². The number of esters is 1. The van der Waals surface area contributed by atoms with Gasteiger partial charge in [-0.25, -0.2) is 0 Å². The standard InChI is InChI=1S/C19H25N3O5/c1-4-15(19(23)26-5-2)16(12-22(24)25)17-11-21(3)20-18(17)27-13-14-9-7-6-8-10-14/h6-11,15-16H,4-5,12-13H2,1-3H3. The molecule has 1 aromatic carbocycles. The molecular formula is C19H25N3O5. The van der Waals surface area contributed by atoms with E-state index in [0.29, 0.717) is 17.9 Å². The highest BCUT2D eigenvalue weighted by Gasteiger charge is 2.36. The van der Waals surface area contributed by atoms with Crippen LogP contribution in [0.15, 0.2) is 36.5 Å². The van der Waals surface area contributed by atoms with E-state index < -0.39 is 29.3 Å². The number of hydrogen-bond donors (Lipinski definition) is 0. The first-order valence-corrected chi connectivity index (χ1v) is 8.94. The van der Waals surface area contributed by atoms with Crippen molar-refractivity contribution in [3.63, 3.8) is 0 Å². The van der Waals surface area contributed by atoms with Gasteiger partial charge in [-0.2, -0.15) is 0 Å². The maximum absolute atomic E-state index is 12.4. The lowest BCUT2D eigenvalue weighted by molar-refractivity contribution is -0.484. The predicted molar refractivity (Wildman–Crippen MR) is 99.0 cm³/mol. The number of ether oxygens (including phenoxy) is 2. The third-order valence-electron chi connectivity index (χ3n) is 4.30. The molecule has 2 atom stereocenters. The molecule has 0 fully saturated rings. The van der Waals surface area contributed by atoms with Crippen molar-refractivity contribution < 1.29 is 19.2 Å². The monoisotopic (exact) mass is 375 g/mol. The Balaban J connectivity index is 2.31. The fourth-order valence-corrected chi connectivity index (χ4v) is 3.05. The van der Waals surface area contributed by atoms with Crippen LogP contribution in [0.4, 0.5) is 0 Å². The fraction of sp³-hybridized carbons (Fsp3) is 0.474. The molecule has 27 heavy (non-hydrogen) atoms. The summed E-state index contributed by atoms with van der Waals surface area (Å²) in [6, 6.07) is 9.56. The first-order chi connectivity index (χ1) is 13.0. The van der Waals surface area contributed by atoms with Crippen molar-refractivity contribution in [2.75, 3.05) is 13.2 Å². The summed E-state index contributed by atoms with van der Waals surface area (Å²) in [4.78, 5) is 23.2. The molecule has 0 saturated heterocycles. The molecule has 0 radical (unpaired) electrons. The van der Waals surface area contributed by atoms with E-state index in [4.69, 9.17) is 9.47 Å². The second kappa shape index (κ2) is 9.70. The van der Waals surface area contributed by atoms with E-state index in [1.807, 2.05) is 37.3 Å².